The maximum atomic E-state index is 12.3. The van der Waals surface area contributed by atoms with Crippen LogP contribution in [-0.2, 0) is 16.0 Å². The average molecular weight is 275 g/mol. The summed E-state index contributed by atoms with van der Waals surface area (Å²) in [5, 5.41) is 8.73. The Kier molecular flexibility index (Phi) is 4.74. The fraction of sp³-hybridized carbons (Fsp3) is 0.467. The Bertz CT molecular complexity index is 502. The van der Waals surface area contributed by atoms with Crippen LogP contribution in [0.4, 0.5) is 5.69 Å². The van der Waals surface area contributed by atoms with Crippen LogP contribution in [0.15, 0.2) is 24.3 Å². The summed E-state index contributed by atoms with van der Waals surface area (Å²) in [5.74, 6) is 0.236. The Morgan fingerprint density at radius 2 is 2.10 bits per heavy atom. The fourth-order valence-corrected chi connectivity index (χ4v) is 2.45. The molecule has 2 amide bonds. The lowest BCUT2D eigenvalue weighted by atomic mass is 10.0. The van der Waals surface area contributed by atoms with Crippen molar-refractivity contribution in [3.8, 4) is 0 Å². The SMILES string of the molecule is CNC(=O)Cc1ccccc1NC(=O)C1NCCC1C. The molecule has 2 unspecified atom stereocenters. The highest BCUT2D eigenvalue weighted by molar-refractivity contribution is 5.96. The van der Waals surface area contributed by atoms with Crippen LogP contribution in [0.5, 0.6) is 0 Å². The smallest absolute Gasteiger partial charge is 0.241 e. The van der Waals surface area contributed by atoms with E-state index in [1.54, 1.807) is 7.05 Å². The normalized spacial score (nSPS) is 21.5. The Hall–Kier alpha value is -1.88. The van der Waals surface area contributed by atoms with Gasteiger partial charge in [-0.3, -0.25) is 9.59 Å². The third kappa shape index (κ3) is 3.36. The summed E-state index contributed by atoms with van der Waals surface area (Å²) in [6, 6.07) is 7.26. The number of amides is 2. The Labute approximate surface area is 119 Å². The number of rotatable bonds is 4. The van der Waals surface area contributed by atoms with Gasteiger partial charge in [-0.1, -0.05) is 25.1 Å². The maximum absolute atomic E-state index is 12.3. The van der Waals surface area contributed by atoms with Gasteiger partial charge in [0.1, 0.15) is 0 Å². The molecule has 0 saturated carbocycles. The number of nitrogens with one attached hydrogen (secondary N) is 3. The van der Waals surface area contributed by atoms with Gasteiger partial charge in [0.25, 0.3) is 0 Å². The highest BCUT2D eigenvalue weighted by Gasteiger charge is 2.29. The van der Waals surface area contributed by atoms with Crippen molar-refractivity contribution in [2.45, 2.75) is 25.8 Å². The molecule has 1 aliphatic heterocycles. The molecule has 0 aliphatic carbocycles. The van der Waals surface area contributed by atoms with E-state index in [2.05, 4.69) is 22.9 Å². The number of anilines is 1. The van der Waals surface area contributed by atoms with E-state index in [4.69, 9.17) is 0 Å². The van der Waals surface area contributed by atoms with E-state index >= 15 is 0 Å². The monoisotopic (exact) mass is 275 g/mol. The minimum Gasteiger partial charge on any atom is -0.359 e. The molecule has 1 saturated heterocycles. The van der Waals surface area contributed by atoms with E-state index in [9.17, 15) is 9.59 Å². The van der Waals surface area contributed by atoms with E-state index in [-0.39, 0.29) is 24.3 Å². The third-order valence-corrected chi connectivity index (χ3v) is 3.72. The molecular formula is C15H21N3O2. The minimum absolute atomic E-state index is 0.0284. The van der Waals surface area contributed by atoms with Gasteiger partial charge in [-0.2, -0.15) is 0 Å². The summed E-state index contributed by atoms with van der Waals surface area (Å²) >= 11 is 0. The first-order valence-electron chi connectivity index (χ1n) is 6.94. The van der Waals surface area contributed by atoms with Crippen LogP contribution in [0, 0.1) is 5.92 Å². The van der Waals surface area contributed by atoms with E-state index in [1.165, 1.54) is 0 Å². The number of hydrogen-bond acceptors (Lipinski definition) is 3. The van der Waals surface area contributed by atoms with Gasteiger partial charge in [0.2, 0.25) is 11.8 Å². The predicted molar refractivity (Wildman–Crippen MR) is 78.4 cm³/mol. The lowest BCUT2D eigenvalue weighted by molar-refractivity contribution is -0.120. The molecule has 0 radical (unpaired) electrons. The van der Waals surface area contributed by atoms with Gasteiger partial charge in [0.15, 0.2) is 0 Å². The molecule has 1 aliphatic rings. The van der Waals surface area contributed by atoms with Gasteiger partial charge in [0.05, 0.1) is 12.5 Å². The number of para-hydroxylation sites is 1. The average Bonchev–Trinajstić information content (AvgIpc) is 2.87. The third-order valence-electron chi connectivity index (χ3n) is 3.72. The van der Waals surface area contributed by atoms with Crippen molar-refractivity contribution in [1.82, 2.24) is 10.6 Å². The molecule has 3 N–H and O–H groups in total. The zero-order valence-electron chi connectivity index (χ0n) is 11.9. The molecule has 1 fully saturated rings. The van der Waals surface area contributed by atoms with Crippen molar-refractivity contribution in [3.05, 3.63) is 29.8 Å². The first-order valence-corrected chi connectivity index (χ1v) is 6.94. The van der Waals surface area contributed by atoms with Gasteiger partial charge < -0.3 is 16.0 Å². The highest BCUT2D eigenvalue weighted by atomic mass is 16.2. The summed E-state index contributed by atoms with van der Waals surface area (Å²) in [6.45, 7) is 2.94. The van der Waals surface area contributed by atoms with Crippen molar-refractivity contribution in [1.29, 1.82) is 0 Å². The van der Waals surface area contributed by atoms with Crippen molar-refractivity contribution in [3.63, 3.8) is 0 Å². The van der Waals surface area contributed by atoms with E-state index < -0.39 is 0 Å². The molecule has 0 spiro atoms. The molecule has 108 valence electrons. The molecule has 0 aromatic heterocycles. The summed E-state index contributed by atoms with van der Waals surface area (Å²) in [7, 11) is 1.60. The number of likely N-dealkylation sites (N-methyl/N-ethyl adjacent to an activating group) is 1. The van der Waals surface area contributed by atoms with Gasteiger partial charge in [0, 0.05) is 12.7 Å². The molecule has 5 nitrogen and oxygen atoms in total. The van der Waals surface area contributed by atoms with Gasteiger partial charge in [-0.25, -0.2) is 0 Å². The van der Waals surface area contributed by atoms with Crippen molar-refractivity contribution >= 4 is 17.5 Å². The number of carbonyl (C=O) groups is 2. The molecule has 2 atom stereocenters. The molecule has 1 aromatic carbocycles. The molecular weight excluding hydrogens is 254 g/mol. The van der Waals surface area contributed by atoms with Crippen LogP contribution in [0.25, 0.3) is 0 Å². The number of benzene rings is 1. The molecule has 5 heteroatoms. The lowest BCUT2D eigenvalue weighted by Gasteiger charge is -2.17. The largest absolute Gasteiger partial charge is 0.359 e. The van der Waals surface area contributed by atoms with E-state index in [1.807, 2.05) is 24.3 Å². The van der Waals surface area contributed by atoms with Gasteiger partial charge >= 0.3 is 0 Å². The second kappa shape index (κ2) is 6.52. The molecule has 1 aromatic rings. The second-order valence-corrected chi connectivity index (χ2v) is 5.19. The quantitative estimate of drug-likeness (QED) is 0.765. The van der Waals surface area contributed by atoms with Crippen LogP contribution in [-0.4, -0.2) is 31.4 Å². The fourth-order valence-electron chi connectivity index (χ4n) is 2.45. The Morgan fingerprint density at radius 1 is 1.35 bits per heavy atom. The molecule has 2 rings (SSSR count). The Balaban J connectivity index is 2.08. The first kappa shape index (κ1) is 14.5. The van der Waals surface area contributed by atoms with Gasteiger partial charge in [-0.05, 0) is 30.5 Å². The second-order valence-electron chi connectivity index (χ2n) is 5.19. The topological polar surface area (TPSA) is 70.2 Å². The van der Waals surface area contributed by atoms with E-state index in [0.29, 0.717) is 11.6 Å². The van der Waals surface area contributed by atoms with Gasteiger partial charge in [-0.15, -0.1) is 0 Å². The number of carbonyl (C=O) groups excluding carboxylic acids is 2. The van der Waals surface area contributed by atoms with Crippen LogP contribution < -0.4 is 16.0 Å². The van der Waals surface area contributed by atoms with Crippen LogP contribution in [0.3, 0.4) is 0 Å². The van der Waals surface area contributed by atoms with Crippen LogP contribution >= 0.6 is 0 Å². The van der Waals surface area contributed by atoms with Crippen molar-refractivity contribution in [2.75, 3.05) is 18.9 Å². The first-order chi connectivity index (χ1) is 9.61. The summed E-state index contributed by atoms with van der Waals surface area (Å²) < 4.78 is 0. The predicted octanol–water partition coefficient (Wildman–Crippen LogP) is 0.912. The number of hydrogen-bond donors (Lipinski definition) is 3. The maximum Gasteiger partial charge on any atom is 0.241 e. The van der Waals surface area contributed by atoms with Crippen LogP contribution in [0.1, 0.15) is 18.9 Å². The van der Waals surface area contributed by atoms with Crippen LogP contribution in [0.2, 0.25) is 0 Å². The lowest BCUT2D eigenvalue weighted by Crippen LogP contribution is -2.39. The summed E-state index contributed by atoms with van der Waals surface area (Å²) in [6.07, 6.45) is 1.28. The highest BCUT2D eigenvalue weighted by Crippen LogP contribution is 2.19. The zero-order chi connectivity index (χ0) is 14.5. The molecule has 0 bridgehead atoms. The molecule has 1 heterocycles. The summed E-state index contributed by atoms with van der Waals surface area (Å²) in [5.41, 5.74) is 1.54. The standard InChI is InChI=1S/C15H21N3O2/c1-10-7-8-17-14(10)15(20)18-12-6-4-3-5-11(12)9-13(19)16-2/h3-6,10,14,17H,7-9H2,1-2H3,(H,16,19)(H,18,20). The molecule has 20 heavy (non-hydrogen) atoms. The van der Waals surface area contributed by atoms with Crippen molar-refractivity contribution < 1.29 is 9.59 Å². The van der Waals surface area contributed by atoms with E-state index in [0.717, 1.165) is 18.5 Å². The summed E-state index contributed by atoms with van der Waals surface area (Å²) in [4.78, 5) is 23.7. The minimum atomic E-state index is -0.150. The van der Waals surface area contributed by atoms with Crippen molar-refractivity contribution in [2.24, 2.45) is 5.92 Å². The Morgan fingerprint density at radius 3 is 2.75 bits per heavy atom. The zero-order valence-corrected chi connectivity index (χ0v) is 11.9.